The molecule has 0 saturated heterocycles. The van der Waals surface area contributed by atoms with Crippen LogP contribution in [0.15, 0.2) is 89.9 Å². The minimum atomic E-state index is 0.922. The van der Waals surface area contributed by atoms with Gasteiger partial charge in [0.05, 0.1) is 0 Å². The van der Waals surface area contributed by atoms with Gasteiger partial charge in [-0.05, 0) is 35.4 Å². The van der Waals surface area contributed by atoms with Gasteiger partial charge in [0, 0.05) is 69.7 Å². The van der Waals surface area contributed by atoms with Gasteiger partial charge in [0.25, 0.3) is 0 Å². The van der Waals surface area contributed by atoms with E-state index in [9.17, 15) is 0 Å². The molecule has 0 spiro atoms. The second-order valence-electron chi connectivity index (χ2n) is 7.39. The molecule has 154 valence electrons. The third-order valence-electron chi connectivity index (χ3n) is 5.24. The summed E-state index contributed by atoms with van der Waals surface area (Å²) in [5.41, 5.74) is 7.14. The number of nitrogens with zero attached hydrogens (tertiary/aromatic N) is 2. The van der Waals surface area contributed by atoms with Crippen LogP contribution in [0.2, 0.25) is 0 Å². The molecule has 0 aliphatic rings. The lowest BCUT2D eigenvalue weighted by Crippen LogP contribution is -1.85. The highest BCUT2D eigenvalue weighted by Crippen LogP contribution is 2.35. The first-order valence-electron chi connectivity index (χ1n) is 10.2. The average Bonchev–Trinajstić information content (AvgIpc) is 3.21. The van der Waals surface area contributed by atoms with Gasteiger partial charge in [-0.15, -0.1) is 0 Å². The molecule has 5 heteroatoms. The quantitative estimate of drug-likeness (QED) is 0.253. The minimum Gasteiger partial charge on any atom is -0.455 e. The lowest BCUT2D eigenvalue weighted by molar-refractivity contribution is 0.662. The molecule has 0 amide bonds. The Labute approximate surface area is 190 Å². The van der Waals surface area contributed by atoms with Crippen LogP contribution in [0.5, 0.6) is 0 Å². The van der Waals surface area contributed by atoms with Gasteiger partial charge in [0.2, 0.25) is 0 Å². The van der Waals surface area contributed by atoms with Crippen LogP contribution in [0.3, 0.4) is 0 Å². The van der Waals surface area contributed by atoms with E-state index in [1.54, 1.807) is 0 Å². The van der Waals surface area contributed by atoms with E-state index in [1.165, 1.54) is 33.0 Å². The van der Waals surface area contributed by atoms with E-state index in [2.05, 4.69) is 70.6 Å². The Kier molecular flexibility index (Phi) is 6.23. The summed E-state index contributed by atoms with van der Waals surface area (Å²) in [6, 6.07) is 21.3. The van der Waals surface area contributed by atoms with Crippen molar-refractivity contribution in [1.29, 1.82) is 0 Å². The van der Waals surface area contributed by atoms with Gasteiger partial charge in [-0.25, -0.2) is 0 Å². The van der Waals surface area contributed by atoms with Gasteiger partial charge < -0.3 is 4.42 Å². The van der Waals surface area contributed by atoms with Crippen molar-refractivity contribution >= 4 is 45.5 Å². The van der Waals surface area contributed by atoms with E-state index in [0.717, 1.165) is 34.2 Å². The predicted molar refractivity (Wildman–Crippen MR) is 132 cm³/mol. The summed E-state index contributed by atoms with van der Waals surface area (Å²) in [5, 5.41) is 2.41. The zero-order valence-corrected chi connectivity index (χ0v) is 18.7. The molecule has 3 aromatic heterocycles. The maximum absolute atomic E-state index is 6.47. The van der Waals surface area contributed by atoms with Crippen molar-refractivity contribution in [3.8, 4) is 0 Å². The average molecular weight is 443 g/mol. The SMILES string of the molecule is c1cc(CSCc2ccncc2)c2oc3c(CSCc4ccncc4)cccc3c2c1. The number of furan rings is 1. The van der Waals surface area contributed by atoms with Crippen LogP contribution in [0, 0.1) is 0 Å². The number of thioether (sulfide) groups is 2. The Morgan fingerprint density at radius 1 is 0.548 bits per heavy atom. The van der Waals surface area contributed by atoms with Crippen LogP contribution >= 0.6 is 23.5 Å². The highest BCUT2D eigenvalue weighted by atomic mass is 32.2. The fourth-order valence-corrected chi connectivity index (χ4v) is 5.63. The molecule has 2 aromatic carbocycles. The molecular formula is C26H22N2OS2. The van der Waals surface area contributed by atoms with Crippen LogP contribution in [-0.4, -0.2) is 9.97 Å². The number of rotatable bonds is 8. The zero-order chi connectivity index (χ0) is 20.9. The van der Waals surface area contributed by atoms with Crippen LogP contribution in [0.1, 0.15) is 22.3 Å². The molecule has 0 radical (unpaired) electrons. The van der Waals surface area contributed by atoms with E-state index in [-0.39, 0.29) is 0 Å². The molecule has 0 fully saturated rings. The Balaban J connectivity index is 1.36. The fourth-order valence-electron chi connectivity index (χ4n) is 3.68. The Morgan fingerprint density at radius 3 is 1.45 bits per heavy atom. The Morgan fingerprint density at radius 2 is 1.00 bits per heavy atom. The van der Waals surface area contributed by atoms with Gasteiger partial charge in [0.1, 0.15) is 11.2 Å². The van der Waals surface area contributed by atoms with Crippen molar-refractivity contribution in [3.63, 3.8) is 0 Å². The number of pyridine rings is 2. The summed E-state index contributed by atoms with van der Waals surface area (Å²) in [5.74, 6) is 3.78. The molecule has 5 rings (SSSR count). The number of benzene rings is 2. The summed E-state index contributed by atoms with van der Waals surface area (Å²) in [4.78, 5) is 8.19. The van der Waals surface area contributed by atoms with E-state index in [1.807, 2.05) is 48.3 Å². The lowest BCUT2D eigenvalue weighted by Gasteiger charge is -2.03. The minimum absolute atomic E-state index is 0.922. The van der Waals surface area contributed by atoms with Crippen molar-refractivity contribution in [1.82, 2.24) is 9.97 Å². The van der Waals surface area contributed by atoms with E-state index >= 15 is 0 Å². The van der Waals surface area contributed by atoms with Crippen molar-refractivity contribution in [3.05, 3.63) is 108 Å². The van der Waals surface area contributed by atoms with Gasteiger partial charge in [-0.3, -0.25) is 9.97 Å². The largest absolute Gasteiger partial charge is 0.455 e. The predicted octanol–water partition coefficient (Wildman–Crippen LogP) is 7.24. The van der Waals surface area contributed by atoms with Crippen LogP contribution < -0.4 is 0 Å². The molecular weight excluding hydrogens is 420 g/mol. The van der Waals surface area contributed by atoms with Crippen molar-refractivity contribution in [2.24, 2.45) is 0 Å². The molecule has 3 nitrogen and oxygen atoms in total. The van der Waals surface area contributed by atoms with Gasteiger partial charge >= 0.3 is 0 Å². The molecule has 0 bridgehead atoms. The summed E-state index contributed by atoms with van der Waals surface area (Å²) >= 11 is 3.81. The fraction of sp³-hybridized carbons (Fsp3) is 0.154. The monoisotopic (exact) mass is 442 g/mol. The number of aromatic nitrogens is 2. The number of hydrogen-bond donors (Lipinski definition) is 0. The Bertz CT molecular complexity index is 1190. The number of para-hydroxylation sites is 2. The first-order valence-corrected chi connectivity index (χ1v) is 12.5. The molecule has 0 aliphatic heterocycles. The first-order chi connectivity index (χ1) is 15.4. The van der Waals surface area contributed by atoms with Crippen LogP contribution in [0.25, 0.3) is 21.9 Å². The normalized spacial score (nSPS) is 11.4. The summed E-state index contributed by atoms with van der Waals surface area (Å²) in [6.45, 7) is 0. The second kappa shape index (κ2) is 9.58. The molecule has 0 unspecified atom stereocenters. The first kappa shape index (κ1) is 20.2. The molecule has 5 aromatic rings. The van der Waals surface area contributed by atoms with Crippen molar-refractivity contribution in [2.45, 2.75) is 23.0 Å². The third kappa shape index (κ3) is 4.63. The number of hydrogen-bond acceptors (Lipinski definition) is 5. The second-order valence-corrected chi connectivity index (χ2v) is 9.36. The smallest absolute Gasteiger partial charge is 0.139 e. The lowest BCUT2D eigenvalue weighted by atomic mass is 10.1. The highest BCUT2D eigenvalue weighted by molar-refractivity contribution is 7.98. The topological polar surface area (TPSA) is 38.9 Å². The maximum atomic E-state index is 6.47. The third-order valence-corrected chi connectivity index (χ3v) is 7.34. The van der Waals surface area contributed by atoms with Crippen LogP contribution in [-0.2, 0) is 23.0 Å². The van der Waals surface area contributed by atoms with Crippen LogP contribution in [0.4, 0.5) is 0 Å². The van der Waals surface area contributed by atoms with Gasteiger partial charge in [-0.2, -0.15) is 23.5 Å². The van der Waals surface area contributed by atoms with Gasteiger partial charge in [-0.1, -0.05) is 36.4 Å². The molecule has 31 heavy (non-hydrogen) atoms. The van der Waals surface area contributed by atoms with Gasteiger partial charge in [0.15, 0.2) is 0 Å². The van der Waals surface area contributed by atoms with E-state index < -0.39 is 0 Å². The van der Waals surface area contributed by atoms with E-state index in [4.69, 9.17) is 4.42 Å². The molecule has 0 N–H and O–H groups in total. The molecule has 0 atom stereocenters. The highest BCUT2D eigenvalue weighted by Gasteiger charge is 2.13. The number of fused-ring (bicyclic) bond motifs is 3. The summed E-state index contributed by atoms with van der Waals surface area (Å²) < 4.78 is 6.47. The standard InChI is InChI=1S/C26H22N2OS2/c1-3-21(17-30-15-19-7-11-27-12-8-19)25-23(5-1)24-6-2-4-22(26(24)29-25)18-31-16-20-9-13-28-14-10-20/h1-14H,15-18H2. The zero-order valence-electron chi connectivity index (χ0n) is 17.0. The molecule has 3 heterocycles. The van der Waals surface area contributed by atoms with Crippen molar-refractivity contribution < 1.29 is 4.42 Å². The Hall–Kier alpha value is -2.76. The maximum Gasteiger partial charge on any atom is 0.139 e. The molecule has 0 saturated carbocycles. The summed E-state index contributed by atoms with van der Waals surface area (Å²) in [7, 11) is 0. The summed E-state index contributed by atoms with van der Waals surface area (Å²) in [6.07, 6.45) is 7.41. The van der Waals surface area contributed by atoms with E-state index in [0.29, 0.717) is 0 Å². The van der Waals surface area contributed by atoms with Crippen molar-refractivity contribution in [2.75, 3.05) is 0 Å². The molecule has 0 aliphatic carbocycles.